The van der Waals surface area contributed by atoms with Crippen LogP contribution in [0.25, 0.3) is 0 Å². The minimum atomic E-state index is -0.581. The summed E-state index contributed by atoms with van der Waals surface area (Å²) in [5.41, 5.74) is 0.682. The number of benzene rings is 2. The van der Waals surface area contributed by atoms with Crippen LogP contribution in [-0.4, -0.2) is 19.1 Å². The van der Waals surface area contributed by atoms with Crippen LogP contribution in [0.1, 0.15) is 13.3 Å². The first-order valence-corrected chi connectivity index (χ1v) is 7.37. The Morgan fingerprint density at radius 1 is 1.18 bits per heavy atom. The van der Waals surface area contributed by atoms with E-state index >= 15 is 0 Å². The largest absolute Gasteiger partial charge is 0.497 e. The molecule has 0 aromatic heterocycles. The third kappa shape index (κ3) is 4.40. The number of halogens is 1. The number of hydrogen-bond acceptors (Lipinski definition) is 3. The maximum atomic E-state index is 12.3. The molecule has 0 bridgehead atoms. The maximum Gasteiger partial charge on any atom is 0.265 e. The lowest BCUT2D eigenvalue weighted by molar-refractivity contribution is -0.122. The van der Waals surface area contributed by atoms with Crippen molar-refractivity contribution in [2.45, 2.75) is 19.4 Å². The summed E-state index contributed by atoms with van der Waals surface area (Å²) in [5, 5.41) is 3.44. The smallest absolute Gasteiger partial charge is 0.265 e. The molecule has 0 spiro atoms. The Kier molecular flexibility index (Phi) is 5.67. The van der Waals surface area contributed by atoms with Crippen molar-refractivity contribution >= 4 is 23.2 Å². The summed E-state index contributed by atoms with van der Waals surface area (Å²) >= 11 is 5.82. The van der Waals surface area contributed by atoms with Crippen molar-refractivity contribution in [3.8, 4) is 11.5 Å². The van der Waals surface area contributed by atoms with Gasteiger partial charge in [0.25, 0.3) is 5.91 Å². The van der Waals surface area contributed by atoms with Crippen molar-refractivity contribution in [3.63, 3.8) is 0 Å². The van der Waals surface area contributed by atoms with Gasteiger partial charge in [-0.2, -0.15) is 0 Å². The molecule has 5 heteroatoms. The topological polar surface area (TPSA) is 47.6 Å². The average Bonchev–Trinajstić information content (AvgIpc) is 2.54. The van der Waals surface area contributed by atoms with E-state index in [1.807, 2.05) is 19.1 Å². The summed E-state index contributed by atoms with van der Waals surface area (Å²) in [5.74, 6) is 1.08. The highest BCUT2D eigenvalue weighted by Gasteiger charge is 2.18. The van der Waals surface area contributed by atoms with Crippen LogP contribution in [0.15, 0.2) is 48.5 Å². The molecule has 0 heterocycles. The monoisotopic (exact) mass is 319 g/mol. The first-order chi connectivity index (χ1) is 10.6. The number of anilines is 1. The van der Waals surface area contributed by atoms with Gasteiger partial charge in [0.15, 0.2) is 6.10 Å². The van der Waals surface area contributed by atoms with Gasteiger partial charge in [0, 0.05) is 16.8 Å². The van der Waals surface area contributed by atoms with Crippen molar-refractivity contribution < 1.29 is 14.3 Å². The molecule has 0 radical (unpaired) electrons. The van der Waals surface area contributed by atoms with E-state index in [0.29, 0.717) is 28.6 Å². The summed E-state index contributed by atoms with van der Waals surface area (Å²) in [6.07, 6.45) is -0.0285. The molecule has 0 aliphatic carbocycles. The van der Waals surface area contributed by atoms with Gasteiger partial charge in [-0.25, -0.2) is 0 Å². The Morgan fingerprint density at radius 3 is 2.50 bits per heavy atom. The van der Waals surface area contributed by atoms with Crippen molar-refractivity contribution in [1.29, 1.82) is 0 Å². The van der Waals surface area contributed by atoms with E-state index in [4.69, 9.17) is 21.1 Å². The lowest BCUT2D eigenvalue weighted by Crippen LogP contribution is -2.32. The SMILES string of the molecule is CC[C@@H](Oc1cccc(OC)c1)C(=O)Nc1ccc(Cl)cc1. The maximum absolute atomic E-state index is 12.3. The van der Waals surface area contributed by atoms with Gasteiger partial charge in [-0.1, -0.05) is 24.6 Å². The van der Waals surface area contributed by atoms with Crippen LogP contribution in [0.3, 0.4) is 0 Å². The van der Waals surface area contributed by atoms with E-state index < -0.39 is 6.10 Å². The van der Waals surface area contributed by atoms with Crippen molar-refractivity contribution in [1.82, 2.24) is 0 Å². The Hall–Kier alpha value is -2.20. The molecule has 1 atom stereocenters. The molecule has 0 fully saturated rings. The summed E-state index contributed by atoms with van der Waals surface area (Å²) in [4.78, 5) is 12.3. The van der Waals surface area contributed by atoms with Crippen LogP contribution in [0.4, 0.5) is 5.69 Å². The normalized spacial score (nSPS) is 11.6. The summed E-state index contributed by atoms with van der Waals surface area (Å²) in [7, 11) is 1.59. The third-order valence-corrected chi connectivity index (χ3v) is 3.35. The molecule has 4 nitrogen and oxygen atoms in total. The standard InChI is InChI=1S/C17H18ClNO3/c1-3-16(22-15-6-4-5-14(11-15)21-2)17(20)19-13-9-7-12(18)8-10-13/h4-11,16H,3H2,1-2H3,(H,19,20)/t16-/m1/s1. The number of amides is 1. The minimum Gasteiger partial charge on any atom is -0.497 e. The zero-order valence-electron chi connectivity index (χ0n) is 12.5. The van der Waals surface area contributed by atoms with E-state index in [9.17, 15) is 4.79 Å². The highest BCUT2D eigenvalue weighted by Crippen LogP contribution is 2.21. The summed E-state index contributed by atoms with van der Waals surface area (Å²) < 4.78 is 10.9. The molecule has 0 saturated heterocycles. The quantitative estimate of drug-likeness (QED) is 0.870. The lowest BCUT2D eigenvalue weighted by atomic mass is 10.2. The van der Waals surface area contributed by atoms with Gasteiger partial charge < -0.3 is 14.8 Å². The predicted molar refractivity (Wildman–Crippen MR) is 87.8 cm³/mol. The predicted octanol–water partition coefficient (Wildman–Crippen LogP) is 4.14. The van der Waals surface area contributed by atoms with E-state index in [2.05, 4.69) is 5.32 Å². The molecule has 0 unspecified atom stereocenters. The second kappa shape index (κ2) is 7.71. The second-order valence-electron chi connectivity index (χ2n) is 4.69. The summed E-state index contributed by atoms with van der Waals surface area (Å²) in [6.45, 7) is 1.90. The van der Waals surface area contributed by atoms with E-state index in [1.54, 1.807) is 43.5 Å². The number of ether oxygens (including phenoxy) is 2. The van der Waals surface area contributed by atoms with Crippen LogP contribution in [0.2, 0.25) is 5.02 Å². The molecule has 0 aliphatic heterocycles. The molecule has 116 valence electrons. The first-order valence-electron chi connectivity index (χ1n) is 6.99. The fraction of sp³-hybridized carbons (Fsp3) is 0.235. The molecular formula is C17H18ClNO3. The molecule has 2 rings (SSSR count). The highest BCUT2D eigenvalue weighted by molar-refractivity contribution is 6.30. The molecule has 2 aromatic rings. The number of hydrogen-bond donors (Lipinski definition) is 1. The molecular weight excluding hydrogens is 302 g/mol. The highest BCUT2D eigenvalue weighted by atomic mass is 35.5. The molecule has 0 saturated carbocycles. The second-order valence-corrected chi connectivity index (χ2v) is 5.13. The Bertz CT molecular complexity index is 628. The number of nitrogens with one attached hydrogen (secondary N) is 1. The van der Waals surface area contributed by atoms with Gasteiger partial charge in [-0.3, -0.25) is 4.79 Å². The van der Waals surface area contributed by atoms with Gasteiger partial charge in [-0.05, 0) is 42.8 Å². The van der Waals surface area contributed by atoms with Crippen molar-refractivity contribution in [3.05, 3.63) is 53.6 Å². The molecule has 0 aliphatic rings. The van der Waals surface area contributed by atoms with Crippen LogP contribution in [-0.2, 0) is 4.79 Å². The molecule has 1 N–H and O–H groups in total. The summed E-state index contributed by atoms with van der Waals surface area (Å²) in [6, 6.07) is 14.1. The average molecular weight is 320 g/mol. The number of carbonyl (C=O) groups is 1. The number of carbonyl (C=O) groups excluding carboxylic acids is 1. The van der Waals surface area contributed by atoms with Gasteiger partial charge in [0.2, 0.25) is 0 Å². The zero-order chi connectivity index (χ0) is 15.9. The van der Waals surface area contributed by atoms with Crippen LogP contribution in [0.5, 0.6) is 11.5 Å². The fourth-order valence-corrected chi connectivity index (χ4v) is 2.04. The number of methoxy groups -OCH3 is 1. The van der Waals surface area contributed by atoms with Crippen LogP contribution >= 0.6 is 11.6 Å². The Labute approximate surface area is 135 Å². The zero-order valence-corrected chi connectivity index (χ0v) is 13.3. The molecule has 2 aromatic carbocycles. The van der Waals surface area contributed by atoms with E-state index in [0.717, 1.165) is 0 Å². The van der Waals surface area contributed by atoms with Crippen LogP contribution in [0, 0.1) is 0 Å². The van der Waals surface area contributed by atoms with Crippen molar-refractivity contribution in [2.24, 2.45) is 0 Å². The van der Waals surface area contributed by atoms with Crippen LogP contribution < -0.4 is 14.8 Å². The Morgan fingerprint density at radius 2 is 1.86 bits per heavy atom. The van der Waals surface area contributed by atoms with Gasteiger partial charge in [0.05, 0.1) is 7.11 Å². The van der Waals surface area contributed by atoms with Crippen molar-refractivity contribution in [2.75, 3.05) is 12.4 Å². The first kappa shape index (κ1) is 16.2. The van der Waals surface area contributed by atoms with Gasteiger partial charge in [0.1, 0.15) is 11.5 Å². The van der Waals surface area contributed by atoms with E-state index in [1.165, 1.54) is 0 Å². The minimum absolute atomic E-state index is 0.201. The lowest BCUT2D eigenvalue weighted by Gasteiger charge is -2.17. The molecule has 22 heavy (non-hydrogen) atoms. The fourth-order valence-electron chi connectivity index (χ4n) is 1.92. The van der Waals surface area contributed by atoms with Gasteiger partial charge >= 0.3 is 0 Å². The van der Waals surface area contributed by atoms with E-state index in [-0.39, 0.29) is 5.91 Å². The third-order valence-electron chi connectivity index (χ3n) is 3.09. The van der Waals surface area contributed by atoms with Gasteiger partial charge in [-0.15, -0.1) is 0 Å². The Balaban J connectivity index is 2.03. The number of rotatable bonds is 6. The molecule has 1 amide bonds.